The molecule has 0 aliphatic rings. The molecule has 0 heterocycles. The van der Waals surface area contributed by atoms with Gasteiger partial charge in [-0.25, -0.2) is 0 Å². The average molecular weight is 278 g/mol. The summed E-state index contributed by atoms with van der Waals surface area (Å²) in [6.45, 7) is 10.5. The van der Waals surface area contributed by atoms with E-state index < -0.39 is 0 Å². The maximum Gasteiger partial charge on any atom is 0.236 e. The molecule has 0 aliphatic heterocycles. The van der Waals surface area contributed by atoms with Crippen molar-refractivity contribution >= 4 is 5.91 Å². The molecule has 20 heavy (non-hydrogen) atoms. The number of rotatable bonds is 8. The zero-order chi connectivity index (χ0) is 15.0. The second-order valence-corrected chi connectivity index (χ2v) is 4.64. The first-order chi connectivity index (χ1) is 9.63. The van der Waals surface area contributed by atoms with Gasteiger partial charge in [-0.15, -0.1) is 0 Å². The number of hydrogen-bond acceptors (Lipinski definition) is 3. The number of nitrogens with zero attached hydrogens (tertiary/aromatic N) is 1. The number of para-hydroxylation sites is 1. The number of ether oxygens (including phenoxy) is 1. The van der Waals surface area contributed by atoms with Gasteiger partial charge in [-0.3, -0.25) is 4.79 Å². The Morgan fingerprint density at radius 3 is 2.50 bits per heavy atom. The SMILES string of the molecule is CCOc1ccccc1C(C)NCC(=O)N(CC)CC. The lowest BCUT2D eigenvalue weighted by atomic mass is 10.1. The third kappa shape index (κ3) is 4.53. The lowest BCUT2D eigenvalue weighted by molar-refractivity contribution is -0.129. The lowest BCUT2D eigenvalue weighted by Gasteiger charge is -2.22. The fourth-order valence-corrected chi connectivity index (χ4v) is 2.16. The number of likely N-dealkylation sites (N-methyl/N-ethyl adjacent to an activating group) is 1. The summed E-state index contributed by atoms with van der Waals surface area (Å²) in [4.78, 5) is 13.8. The van der Waals surface area contributed by atoms with E-state index in [9.17, 15) is 4.79 Å². The summed E-state index contributed by atoms with van der Waals surface area (Å²) in [5.74, 6) is 1.01. The monoisotopic (exact) mass is 278 g/mol. The minimum atomic E-state index is 0.0808. The molecule has 0 saturated carbocycles. The van der Waals surface area contributed by atoms with Gasteiger partial charge in [-0.1, -0.05) is 18.2 Å². The second-order valence-electron chi connectivity index (χ2n) is 4.64. The van der Waals surface area contributed by atoms with E-state index in [-0.39, 0.29) is 11.9 Å². The Morgan fingerprint density at radius 2 is 1.90 bits per heavy atom. The smallest absolute Gasteiger partial charge is 0.236 e. The predicted octanol–water partition coefficient (Wildman–Crippen LogP) is 2.60. The second kappa shape index (κ2) is 8.59. The summed E-state index contributed by atoms with van der Waals surface area (Å²) < 4.78 is 5.62. The van der Waals surface area contributed by atoms with Crippen LogP contribution in [0.4, 0.5) is 0 Å². The van der Waals surface area contributed by atoms with Crippen LogP contribution in [0, 0.1) is 0 Å². The van der Waals surface area contributed by atoms with Crippen molar-refractivity contribution in [3.8, 4) is 5.75 Å². The number of carbonyl (C=O) groups excluding carboxylic acids is 1. The van der Waals surface area contributed by atoms with Crippen LogP contribution in [0.2, 0.25) is 0 Å². The van der Waals surface area contributed by atoms with Crippen molar-refractivity contribution in [1.82, 2.24) is 10.2 Å². The maximum atomic E-state index is 12.0. The predicted molar refractivity (Wildman–Crippen MR) is 82.0 cm³/mol. The molecule has 4 nitrogen and oxygen atoms in total. The van der Waals surface area contributed by atoms with Gasteiger partial charge >= 0.3 is 0 Å². The maximum absolute atomic E-state index is 12.0. The average Bonchev–Trinajstić information content (AvgIpc) is 2.47. The van der Waals surface area contributed by atoms with Gasteiger partial charge in [-0.2, -0.15) is 0 Å². The molecule has 0 fully saturated rings. The minimum absolute atomic E-state index is 0.0808. The van der Waals surface area contributed by atoms with Crippen LogP contribution in [0.25, 0.3) is 0 Å². The summed E-state index contributed by atoms with van der Waals surface area (Å²) in [5.41, 5.74) is 1.08. The van der Waals surface area contributed by atoms with Crippen LogP contribution in [0.15, 0.2) is 24.3 Å². The van der Waals surface area contributed by atoms with E-state index in [4.69, 9.17) is 4.74 Å². The standard InChI is InChI=1S/C16H26N2O2/c1-5-18(6-2)16(19)12-17-13(4)14-10-8-9-11-15(14)20-7-3/h8-11,13,17H,5-7,12H2,1-4H3. The third-order valence-electron chi connectivity index (χ3n) is 3.36. The zero-order valence-corrected chi connectivity index (χ0v) is 13.0. The van der Waals surface area contributed by atoms with Gasteiger partial charge in [0.05, 0.1) is 13.2 Å². The molecule has 4 heteroatoms. The van der Waals surface area contributed by atoms with E-state index >= 15 is 0 Å². The van der Waals surface area contributed by atoms with Crippen molar-refractivity contribution < 1.29 is 9.53 Å². The molecular weight excluding hydrogens is 252 g/mol. The van der Waals surface area contributed by atoms with Gasteiger partial charge in [0.1, 0.15) is 5.75 Å². The highest BCUT2D eigenvalue weighted by molar-refractivity contribution is 5.78. The highest BCUT2D eigenvalue weighted by atomic mass is 16.5. The van der Waals surface area contributed by atoms with Crippen molar-refractivity contribution in [1.29, 1.82) is 0 Å². The largest absolute Gasteiger partial charge is 0.494 e. The Balaban J connectivity index is 2.63. The van der Waals surface area contributed by atoms with E-state index in [1.54, 1.807) is 0 Å². The molecule has 1 rings (SSSR count). The van der Waals surface area contributed by atoms with Crippen LogP contribution < -0.4 is 10.1 Å². The van der Waals surface area contributed by atoms with Crippen molar-refractivity contribution in [2.45, 2.75) is 33.7 Å². The summed E-state index contributed by atoms with van der Waals surface area (Å²) in [5, 5.41) is 3.28. The molecular formula is C16H26N2O2. The summed E-state index contributed by atoms with van der Waals surface area (Å²) >= 11 is 0. The Kier molecular flexibility index (Phi) is 7.09. The molecule has 112 valence electrons. The highest BCUT2D eigenvalue weighted by Gasteiger charge is 2.14. The molecule has 0 aromatic heterocycles. The van der Waals surface area contributed by atoms with E-state index in [1.165, 1.54) is 0 Å². The molecule has 0 radical (unpaired) electrons. The molecule has 1 unspecified atom stereocenters. The first-order valence-electron chi connectivity index (χ1n) is 7.36. The fraction of sp³-hybridized carbons (Fsp3) is 0.562. The summed E-state index contributed by atoms with van der Waals surface area (Å²) in [6, 6.07) is 8.02. The Morgan fingerprint density at radius 1 is 1.25 bits per heavy atom. The molecule has 0 saturated heterocycles. The van der Waals surface area contributed by atoms with Crippen molar-refractivity contribution in [3.05, 3.63) is 29.8 Å². The third-order valence-corrected chi connectivity index (χ3v) is 3.36. The molecule has 1 aromatic carbocycles. The van der Waals surface area contributed by atoms with Crippen LogP contribution in [0.5, 0.6) is 5.75 Å². The van der Waals surface area contributed by atoms with Crippen molar-refractivity contribution in [2.75, 3.05) is 26.2 Å². The number of amides is 1. The molecule has 1 aromatic rings. The molecule has 0 aliphatic carbocycles. The molecule has 0 spiro atoms. The molecule has 1 amide bonds. The van der Waals surface area contributed by atoms with Crippen LogP contribution in [-0.2, 0) is 4.79 Å². The molecule has 0 bridgehead atoms. The zero-order valence-electron chi connectivity index (χ0n) is 13.0. The van der Waals surface area contributed by atoms with Crippen LogP contribution in [-0.4, -0.2) is 37.0 Å². The number of nitrogens with one attached hydrogen (secondary N) is 1. The van der Waals surface area contributed by atoms with Gasteiger partial charge in [0.25, 0.3) is 0 Å². The van der Waals surface area contributed by atoms with Gasteiger partial charge in [0, 0.05) is 24.7 Å². The Hall–Kier alpha value is -1.55. The topological polar surface area (TPSA) is 41.6 Å². The quantitative estimate of drug-likeness (QED) is 0.794. The van der Waals surface area contributed by atoms with Gasteiger partial charge in [0.2, 0.25) is 5.91 Å². The first kappa shape index (κ1) is 16.5. The van der Waals surface area contributed by atoms with Crippen molar-refractivity contribution in [2.24, 2.45) is 0 Å². The summed E-state index contributed by atoms with van der Waals surface area (Å²) in [7, 11) is 0. The Bertz CT molecular complexity index is 417. The van der Waals surface area contributed by atoms with Crippen LogP contribution in [0.3, 0.4) is 0 Å². The summed E-state index contributed by atoms with van der Waals surface area (Å²) in [6.07, 6.45) is 0. The van der Waals surface area contributed by atoms with E-state index in [2.05, 4.69) is 5.32 Å². The van der Waals surface area contributed by atoms with Gasteiger partial charge in [0.15, 0.2) is 0 Å². The van der Waals surface area contributed by atoms with Crippen molar-refractivity contribution in [3.63, 3.8) is 0 Å². The number of carbonyl (C=O) groups is 1. The highest BCUT2D eigenvalue weighted by Crippen LogP contribution is 2.24. The van der Waals surface area contributed by atoms with Crippen LogP contribution >= 0.6 is 0 Å². The first-order valence-corrected chi connectivity index (χ1v) is 7.36. The van der Waals surface area contributed by atoms with Crippen LogP contribution in [0.1, 0.15) is 39.3 Å². The number of hydrogen-bond donors (Lipinski definition) is 1. The van der Waals surface area contributed by atoms with E-state index in [0.717, 1.165) is 24.4 Å². The fourth-order valence-electron chi connectivity index (χ4n) is 2.16. The van der Waals surface area contributed by atoms with Gasteiger partial charge < -0.3 is 15.0 Å². The molecule has 1 N–H and O–H groups in total. The van der Waals surface area contributed by atoms with E-state index in [0.29, 0.717) is 13.2 Å². The Labute approximate surface area is 122 Å². The normalized spacial score (nSPS) is 12.0. The van der Waals surface area contributed by atoms with Gasteiger partial charge in [-0.05, 0) is 33.8 Å². The van der Waals surface area contributed by atoms with E-state index in [1.807, 2.05) is 56.9 Å². The molecule has 1 atom stereocenters. The lowest BCUT2D eigenvalue weighted by Crippen LogP contribution is -2.38. The minimum Gasteiger partial charge on any atom is -0.494 e. The number of benzene rings is 1.